The fourth-order valence-electron chi connectivity index (χ4n) is 1.49. The van der Waals surface area contributed by atoms with E-state index in [1.54, 1.807) is 11.3 Å². The van der Waals surface area contributed by atoms with Gasteiger partial charge in [0.15, 0.2) is 0 Å². The first-order valence-corrected chi connectivity index (χ1v) is 6.52. The quantitative estimate of drug-likeness (QED) is 0.643. The van der Waals surface area contributed by atoms with Gasteiger partial charge in [0, 0.05) is 17.0 Å². The average Bonchev–Trinajstić information content (AvgIpc) is 2.76. The van der Waals surface area contributed by atoms with E-state index >= 15 is 0 Å². The van der Waals surface area contributed by atoms with Crippen molar-refractivity contribution in [2.75, 3.05) is 6.54 Å². The summed E-state index contributed by atoms with van der Waals surface area (Å²) in [4.78, 5) is 1.39. The van der Waals surface area contributed by atoms with Gasteiger partial charge in [0.25, 0.3) is 0 Å². The van der Waals surface area contributed by atoms with Crippen molar-refractivity contribution in [2.24, 2.45) is 0 Å². The van der Waals surface area contributed by atoms with E-state index in [1.165, 1.54) is 10.4 Å². The fraction of sp³-hybridized carbons (Fsp3) is 0.200. The van der Waals surface area contributed by atoms with Gasteiger partial charge in [-0.1, -0.05) is 30.0 Å². The second kappa shape index (κ2) is 6.24. The molecule has 0 saturated heterocycles. The third-order valence-corrected chi connectivity index (χ3v) is 3.50. The van der Waals surface area contributed by atoms with Crippen LogP contribution in [0.4, 0.5) is 0 Å². The molecule has 1 aromatic heterocycles. The molecule has 0 spiro atoms. The van der Waals surface area contributed by atoms with Gasteiger partial charge in [-0.05, 0) is 36.1 Å². The lowest BCUT2D eigenvalue weighted by Crippen LogP contribution is -2.12. The predicted molar refractivity (Wildman–Crippen MR) is 74.1 cm³/mol. The first-order chi connectivity index (χ1) is 8.36. The highest BCUT2D eigenvalue weighted by Gasteiger charge is 1.96. The highest BCUT2D eigenvalue weighted by molar-refractivity contribution is 7.10. The smallest absolute Gasteiger partial charge is 0.0583 e. The molecule has 0 saturated carbocycles. The lowest BCUT2D eigenvalue weighted by Gasteiger charge is -1.98. The van der Waals surface area contributed by atoms with Crippen molar-refractivity contribution in [1.82, 2.24) is 5.32 Å². The molecule has 1 heterocycles. The van der Waals surface area contributed by atoms with Crippen molar-refractivity contribution in [3.05, 3.63) is 57.8 Å². The lowest BCUT2D eigenvalue weighted by atomic mass is 10.2. The minimum Gasteiger partial charge on any atom is -0.301 e. The summed E-state index contributed by atoms with van der Waals surface area (Å²) in [5, 5.41) is 5.46. The zero-order valence-electron chi connectivity index (χ0n) is 9.86. The number of rotatable bonds is 3. The Balaban J connectivity index is 1.78. The van der Waals surface area contributed by atoms with Gasteiger partial charge >= 0.3 is 0 Å². The van der Waals surface area contributed by atoms with Crippen LogP contribution in [0.25, 0.3) is 0 Å². The molecule has 1 aromatic carbocycles. The molecule has 1 nitrogen and oxygen atoms in total. The van der Waals surface area contributed by atoms with Crippen LogP contribution in [-0.4, -0.2) is 6.54 Å². The van der Waals surface area contributed by atoms with Crippen LogP contribution in [0.3, 0.4) is 0 Å². The highest BCUT2D eigenvalue weighted by Crippen LogP contribution is 2.14. The topological polar surface area (TPSA) is 12.0 Å². The maximum atomic E-state index is 3.34. The van der Waals surface area contributed by atoms with Gasteiger partial charge < -0.3 is 5.32 Å². The Hall–Kier alpha value is -1.56. The predicted octanol–water partition coefficient (Wildman–Crippen LogP) is 3.20. The molecule has 2 rings (SSSR count). The van der Waals surface area contributed by atoms with E-state index in [-0.39, 0.29) is 0 Å². The highest BCUT2D eigenvalue weighted by atomic mass is 32.1. The van der Waals surface area contributed by atoms with Crippen molar-refractivity contribution in [1.29, 1.82) is 0 Å². The van der Waals surface area contributed by atoms with Crippen molar-refractivity contribution < 1.29 is 0 Å². The number of thiophene rings is 1. The number of aryl methyl sites for hydroxylation is 1. The first kappa shape index (κ1) is 11.9. The van der Waals surface area contributed by atoms with Crippen LogP contribution in [0.5, 0.6) is 0 Å². The van der Waals surface area contributed by atoms with Gasteiger partial charge in [-0.3, -0.25) is 0 Å². The molecule has 0 aliphatic carbocycles. The molecule has 0 bridgehead atoms. The standard InChI is InChI=1S/C15H15NS/c1-13-9-11-17-15(13)12-16-10-5-8-14-6-3-2-4-7-14/h2-4,6-7,9,11,16H,10,12H2,1H3. The number of hydrogen-bond donors (Lipinski definition) is 1. The molecule has 0 unspecified atom stereocenters. The Morgan fingerprint density at radius 2 is 2.00 bits per heavy atom. The molecule has 0 aliphatic heterocycles. The maximum Gasteiger partial charge on any atom is 0.0583 e. The van der Waals surface area contributed by atoms with Crippen molar-refractivity contribution in [2.45, 2.75) is 13.5 Å². The molecular formula is C15H15NS. The Labute approximate surface area is 107 Å². The minimum absolute atomic E-state index is 0.728. The van der Waals surface area contributed by atoms with Gasteiger partial charge in [-0.25, -0.2) is 0 Å². The normalized spacial score (nSPS) is 9.71. The van der Waals surface area contributed by atoms with E-state index in [0.717, 1.165) is 18.7 Å². The van der Waals surface area contributed by atoms with Crippen molar-refractivity contribution in [3.8, 4) is 11.8 Å². The Morgan fingerprint density at radius 3 is 2.71 bits per heavy atom. The van der Waals surface area contributed by atoms with Crippen LogP contribution in [0, 0.1) is 18.8 Å². The van der Waals surface area contributed by atoms with Crippen LogP contribution in [0.2, 0.25) is 0 Å². The second-order valence-electron chi connectivity index (χ2n) is 3.80. The summed E-state index contributed by atoms with van der Waals surface area (Å²) in [7, 11) is 0. The molecule has 0 aliphatic rings. The lowest BCUT2D eigenvalue weighted by molar-refractivity contribution is 0.777. The molecule has 0 amide bonds. The van der Waals surface area contributed by atoms with Crippen LogP contribution in [0.15, 0.2) is 41.8 Å². The molecule has 0 radical (unpaired) electrons. The van der Waals surface area contributed by atoms with Crippen LogP contribution < -0.4 is 5.32 Å². The third-order valence-electron chi connectivity index (χ3n) is 2.47. The average molecular weight is 241 g/mol. The van der Waals surface area contributed by atoms with Gasteiger partial charge in [-0.2, -0.15) is 0 Å². The monoisotopic (exact) mass is 241 g/mol. The van der Waals surface area contributed by atoms with Gasteiger partial charge in [-0.15, -0.1) is 11.3 Å². The molecular weight excluding hydrogens is 226 g/mol. The molecule has 0 fully saturated rings. The SMILES string of the molecule is Cc1ccsc1CNCC#Cc1ccccc1. The van der Waals surface area contributed by atoms with Crippen LogP contribution in [0.1, 0.15) is 16.0 Å². The zero-order valence-corrected chi connectivity index (χ0v) is 10.7. The maximum absolute atomic E-state index is 3.34. The third kappa shape index (κ3) is 3.74. The minimum atomic E-state index is 0.728. The van der Waals surface area contributed by atoms with E-state index in [1.807, 2.05) is 30.3 Å². The summed E-state index contributed by atoms with van der Waals surface area (Å²) in [5.41, 5.74) is 2.43. The van der Waals surface area contributed by atoms with Crippen molar-refractivity contribution in [3.63, 3.8) is 0 Å². The molecule has 0 atom stereocenters. The van der Waals surface area contributed by atoms with E-state index < -0.39 is 0 Å². The Kier molecular flexibility index (Phi) is 4.37. The molecule has 86 valence electrons. The summed E-state index contributed by atoms with van der Waals surface area (Å²) < 4.78 is 0. The largest absolute Gasteiger partial charge is 0.301 e. The van der Waals surface area contributed by atoms with Crippen molar-refractivity contribution >= 4 is 11.3 Å². The molecule has 2 aromatic rings. The number of benzene rings is 1. The van der Waals surface area contributed by atoms with Gasteiger partial charge in [0.1, 0.15) is 0 Å². The van der Waals surface area contributed by atoms with E-state index in [4.69, 9.17) is 0 Å². The molecule has 1 N–H and O–H groups in total. The van der Waals surface area contributed by atoms with Gasteiger partial charge in [0.2, 0.25) is 0 Å². The second-order valence-corrected chi connectivity index (χ2v) is 4.80. The summed E-state index contributed by atoms with van der Waals surface area (Å²) in [6, 6.07) is 12.2. The summed E-state index contributed by atoms with van der Waals surface area (Å²) in [6.07, 6.45) is 0. The van der Waals surface area contributed by atoms with Gasteiger partial charge in [0.05, 0.1) is 6.54 Å². The number of hydrogen-bond acceptors (Lipinski definition) is 2. The first-order valence-electron chi connectivity index (χ1n) is 5.64. The fourth-order valence-corrected chi connectivity index (χ4v) is 2.37. The van der Waals surface area contributed by atoms with E-state index in [0.29, 0.717) is 0 Å². The summed E-state index contributed by atoms with van der Waals surface area (Å²) in [6.45, 7) is 3.78. The molecule has 2 heteroatoms. The van der Waals surface area contributed by atoms with E-state index in [9.17, 15) is 0 Å². The summed E-state index contributed by atoms with van der Waals surface area (Å²) >= 11 is 1.79. The zero-order chi connectivity index (χ0) is 11.9. The van der Waals surface area contributed by atoms with E-state index in [2.05, 4.69) is 35.5 Å². The number of nitrogens with one attached hydrogen (secondary N) is 1. The summed E-state index contributed by atoms with van der Waals surface area (Å²) in [5.74, 6) is 6.26. The Bertz CT molecular complexity index is 517. The molecule has 17 heavy (non-hydrogen) atoms. The van der Waals surface area contributed by atoms with Crippen LogP contribution in [-0.2, 0) is 6.54 Å². The Morgan fingerprint density at radius 1 is 1.18 bits per heavy atom. The van der Waals surface area contributed by atoms with Crippen LogP contribution >= 0.6 is 11.3 Å².